The van der Waals surface area contributed by atoms with Crippen molar-refractivity contribution in [3.8, 4) is 86.3 Å². The number of rotatable bonds is 15. The summed E-state index contributed by atoms with van der Waals surface area (Å²) in [6.07, 6.45) is 8.51. The largest absolute Gasteiger partial charge is 0.506 e. The Kier molecular flexibility index (Phi) is 31.0. The number of fused-ring (bicyclic) bond motifs is 3. The van der Waals surface area contributed by atoms with Gasteiger partial charge >= 0.3 is 0 Å². The highest BCUT2D eigenvalue weighted by molar-refractivity contribution is 6.45. The van der Waals surface area contributed by atoms with Gasteiger partial charge in [-0.2, -0.15) is 20.2 Å². The molecule has 3 N–H and O–H groups in total. The van der Waals surface area contributed by atoms with Gasteiger partial charge in [-0.15, -0.1) is 0 Å². The smallest absolute Gasteiger partial charge is 0.276 e. The van der Waals surface area contributed by atoms with Gasteiger partial charge in [-0.05, 0) is 151 Å². The zero-order chi connectivity index (χ0) is 104. The summed E-state index contributed by atoms with van der Waals surface area (Å²) in [5.41, 5.74) is 0.0440. The third-order valence-electron chi connectivity index (χ3n) is 24.8. The summed E-state index contributed by atoms with van der Waals surface area (Å²) in [6, 6.07) is 13.6. The quantitative estimate of drug-likeness (QED) is 0.0371. The average molecular weight is 2110 g/mol. The Bertz CT molecular complexity index is 6870. The molecule has 0 unspecified atom stereocenters. The Morgan fingerprint density at radius 1 is 0.383 bits per heavy atom. The number of phenolic OH excluding ortho intramolecular Hbond substituents is 3. The zero-order valence-corrected chi connectivity index (χ0v) is 84.8. The molecule has 0 spiro atoms. The molecule has 15 rings (SSSR count). The molecule has 732 valence electrons. The van der Waals surface area contributed by atoms with Crippen LogP contribution in [0.2, 0.25) is 45.2 Å². The summed E-state index contributed by atoms with van der Waals surface area (Å²) in [7, 11) is 0. The van der Waals surface area contributed by atoms with Gasteiger partial charge in [0.1, 0.15) is 73.4 Å². The highest BCUT2D eigenvalue weighted by Crippen LogP contribution is 2.52. The molecule has 12 heterocycles. The van der Waals surface area contributed by atoms with Crippen LogP contribution in [0.25, 0.3) is 83.9 Å². The molecule has 6 atom stereocenters. The van der Waals surface area contributed by atoms with Crippen molar-refractivity contribution in [2.75, 3.05) is 54.0 Å². The van der Waals surface area contributed by atoms with Crippen LogP contribution in [-0.4, -0.2) is 167 Å². The average Bonchev–Trinajstić information content (AvgIpc) is 0.725. The summed E-state index contributed by atoms with van der Waals surface area (Å²) in [6.45, 7) is 40.0. The first-order chi connectivity index (χ1) is 66.5. The van der Waals surface area contributed by atoms with E-state index in [0.717, 1.165) is 0 Å². The minimum absolute atomic E-state index is 0.0253. The molecule has 0 aliphatic carbocycles. The molecule has 12 aromatic rings. The van der Waals surface area contributed by atoms with Gasteiger partial charge < -0.3 is 44.7 Å². The number of anilines is 3. The first-order valence-corrected chi connectivity index (χ1v) is 47.1. The number of pyridine rings is 9. The fraction of sp³-hybridized carbons (Fsp3) is 0.303. The van der Waals surface area contributed by atoms with E-state index in [-0.39, 0.29) is 210 Å². The molecule has 0 bridgehead atoms. The van der Waals surface area contributed by atoms with E-state index in [4.69, 9.17) is 104 Å². The number of nitrogens with zero attached hydrogens (tertiary/aromatic N) is 18. The van der Waals surface area contributed by atoms with Crippen LogP contribution in [-0.2, 0) is 14.4 Å². The van der Waals surface area contributed by atoms with Crippen LogP contribution in [0.4, 0.5) is 43.4 Å². The van der Waals surface area contributed by atoms with Gasteiger partial charge in [-0.25, -0.2) is 36.9 Å². The van der Waals surface area contributed by atoms with Crippen molar-refractivity contribution in [2.45, 2.75) is 158 Å². The Labute approximate surface area is 849 Å². The number of benzene rings is 3. The van der Waals surface area contributed by atoms with Crippen LogP contribution < -0.4 is 31.4 Å². The molecule has 3 fully saturated rings. The van der Waals surface area contributed by atoms with E-state index in [1.54, 1.807) is 72.3 Å². The van der Waals surface area contributed by atoms with Gasteiger partial charge in [0, 0.05) is 110 Å². The minimum Gasteiger partial charge on any atom is -0.506 e. The topological polar surface area (TPSA) is 346 Å². The van der Waals surface area contributed by atoms with Gasteiger partial charge in [0.25, 0.3) is 16.7 Å². The van der Waals surface area contributed by atoms with Crippen LogP contribution in [0.3, 0.4) is 0 Å². The molecule has 141 heavy (non-hydrogen) atoms. The maximum atomic E-state index is 14.8. The molecule has 3 saturated heterocycles. The number of halogens is 15. The van der Waals surface area contributed by atoms with E-state index >= 15 is 0 Å². The lowest BCUT2D eigenvalue weighted by Gasteiger charge is -2.45. The fourth-order valence-electron chi connectivity index (χ4n) is 18.7. The SMILES string of the molecule is C=CC(=O)N1[C@H](C)CN(c2c(C#N)c(=O)n(-c3c(C)ccnc3C(C)C)c3nc(-c4c(O)c(Cl)c(F)c(F)c4Cl)c(Cl)cc23)C[C@@H]1C.C=CC(=O)N1[C@H](C)CN(c2c(C#N)c(=O)n(-c3c(C)ccnc3C(C)C)c3nc(-c4c(O)c(Cl)c(F)c(F)c4Cl)c(Cl)cc23)C[C@@H]1C.C=CC(=O)N1[C@H](C)CN(c2c(C#N)c(=O)n(-c3c(C)ccnc3C(C)C)c3nc(-c4c(O)c(F)c(F)c(Cl)c4Cl)c(Cl)cc23)C[C@@H]1C. The van der Waals surface area contributed by atoms with E-state index in [1.807, 2.05) is 97.8 Å². The van der Waals surface area contributed by atoms with Crippen molar-refractivity contribution < 1.29 is 56.0 Å². The number of aromatic hydroxyl groups is 3. The molecule has 3 amide bonds. The van der Waals surface area contributed by atoms with E-state index < -0.39 is 116 Å². The van der Waals surface area contributed by atoms with E-state index in [9.17, 15) is 86.2 Å². The number of aromatic nitrogens is 9. The normalized spacial score (nSPS) is 16.6. The summed E-state index contributed by atoms with van der Waals surface area (Å²) in [4.78, 5) is 120. The number of phenols is 3. The summed E-state index contributed by atoms with van der Waals surface area (Å²) in [5, 5.41) is 59.3. The molecule has 0 saturated carbocycles. The first kappa shape index (κ1) is 106. The molecular weight excluding hydrogens is 2020 g/mol. The third-order valence-corrected chi connectivity index (χ3v) is 27.9. The molecule has 9 aromatic heterocycles. The maximum absolute atomic E-state index is 14.8. The standard InChI is InChI=1S/3C33H29Cl3F2N6O3/c2*1-7-21(45)43-16(5)12-42(13-17(43)6)30-18-10-20(34)28(22-23(35)25(37)26(38)24(36)31(22)46)41-32(18)44(33(47)19(30)11-39)29-15(4)8-9-40-27(29)14(2)3;1-7-21(45)43-16(5)12-42(13-17(43)6)30-18-10-20(34)28(22-23(35)24(36)25(37)26(38)31(22)46)41-32(18)44(33(47)19(30)11-39)29-15(4)8-9-40-27(29)14(2)3/h3*7-10,14,16-17,46H,1,12-13H2,2-6H3/t3*16-,17+. The number of hydrogen-bond acceptors (Lipinski definition) is 21. The molecule has 0 radical (unpaired) electrons. The summed E-state index contributed by atoms with van der Waals surface area (Å²) < 4.78 is 91.4. The van der Waals surface area contributed by atoms with E-state index in [2.05, 4.69) is 67.8 Å². The number of carbonyl (C=O) groups excluding carboxylic acids is 3. The minimum atomic E-state index is -1.66. The number of aryl methyl sites for hydroxylation is 3. The van der Waals surface area contributed by atoms with Gasteiger partial charge in [0.2, 0.25) is 23.5 Å². The lowest BCUT2D eigenvalue weighted by molar-refractivity contribution is -0.131. The van der Waals surface area contributed by atoms with Gasteiger partial charge in [-0.1, -0.05) is 166 Å². The van der Waals surface area contributed by atoms with Crippen LogP contribution in [0.1, 0.15) is 151 Å². The lowest BCUT2D eigenvalue weighted by Crippen LogP contribution is -2.58. The predicted molar refractivity (Wildman–Crippen MR) is 537 cm³/mol. The number of carbonyl (C=O) groups is 3. The van der Waals surface area contributed by atoms with Crippen LogP contribution in [0.5, 0.6) is 17.2 Å². The second-order valence-electron chi connectivity index (χ2n) is 35.1. The molecule has 3 aliphatic heterocycles. The number of hydrogen-bond donors (Lipinski definition) is 3. The molecule has 42 heteroatoms. The van der Waals surface area contributed by atoms with Crippen LogP contribution in [0.15, 0.2) is 107 Å². The van der Waals surface area contributed by atoms with Crippen molar-refractivity contribution in [1.82, 2.24) is 58.3 Å². The lowest BCUT2D eigenvalue weighted by atomic mass is 10.0. The molecule has 3 aromatic carbocycles. The van der Waals surface area contributed by atoms with Crippen molar-refractivity contribution in [2.24, 2.45) is 0 Å². The van der Waals surface area contributed by atoms with Gasteiger partial charge in [0.05, 0.1) is 120 Å². The second kappa shape index (κ2) is 41.5. The molecule has 27 nitrogen and oxygen atoms in total. The zero-order valence-electron chi connectivity index (χ0n) is 78.0. The Morgan fingerprint density at radius 2 is 0.617 bits per heavy atom. The third kappa shape index (κ3) is 18.4. The Morgan fingerprint density at radius 3 is 0.851 bits per heavy atom. The number of nitriles is 3. The highest BCUT2D eigenvalue weighted by atomic mass is 35.5. The van der Waals surface area contributed by atoms with Crippen molar-refractivity contribution >= 4 is 172 Å². The van der Waals surface area contributed by atoms with Crippen molar-refractivity contribution in [3.63, 3.8) is 0 Å². The maximum Gasteiger partial charge on any atom is 0.276 e. The van der Waals surface area contributed by atoms with Crippen molar-refractivity contribution in [3.05, 3.63) is 255 Å². The van der Waals surface area contributed by atoms with E-state index in [1.165, 1.54) is 50.1 Å². The van der Waals surface area contributed by atoms with E-state index in [0.29, 0.717) is 50.8 Å². The Hall–Kier alpha value is -12.7. The Balaban J connectivity index is 0.000000178. The fourth-order valence-corrected chi connectivity index (χ4v) is 20.8. The summed E-state index contributed by atoms with van der Waals surface area (Å²) in [5.74, 6) is -13.7. The molecule has 3 aliphatic rings. The van der Waals surface area contributed by atoms with Crippen LogP contribution >= 0.6 is 104 Å². The summed E-state index contributed by atoms with van der Waals surface area (Å²) >= 11 is 56.8. The van der Waals surface area contributed by atoms with Crippen molar-refractivity contribution in [1.29, 1.82) is 15.8 Å². The molecular formula is C99H87Cl9F6N18O9. The number of amides is 3. The predicted octanol–water partition coefficient (Wildman–Crippen LogP) is 21.9. The first-order valence-electron chi connectivity index (χ1n) is 43.7. The number of piperazine rings is 3. The monoisotopic (exact) mass is 2100 g/mol. The highest BCUT2D eigenvalue weighted by Gasteiger charge is 2.42. The van der Waals surface area contributed by atoms with Gasteiger partial charge in [0.15, 0.2) is 34.8 Å². The van der Waals surface area contributed by atoms with Gasteiger partial charge in [-0.3, -0.25) is 57.4 Å². The second-order valence-corrected chi connectivity index (χ2v) is 38.6. The van der Waals surface area contributed by atoms with Crippen LogP contribution in [0, 0.1) is 89.7 Å².